The Morgan fingerprint density at radius 1 is 1.23 bits per heavy atom. The van der Waals surface area contributed by atoms with Crippen molar-refractivity contribution in [3.8, 4) is 0 Å². The molecule has 26 heavy (non-hydrogen) atoms. The number of amides is 1. The van der Waals surface area contributed by atoms with Crippen LogP contribution in [-0.2, 0) is 16.9 Å². The Morgan fingerprint density at radius 2 is 1.96 bits per heavy atom. The minimum Gasteiger partial charge on any atom is -0.345 e. The quantitative estimate of drug-likeness (QED) is 0.711. The van der Waals surface area contributed by atoms with Crippen molar-refractivity contribution in [1.82, 2.24) is 14.9 Å². The molecule has 1 aliphatic rings. The minimum atomic E-state index is -0.509. The number of nitrogens with one attached hydrogen (secondary N) is 1. The van der Waals surface area contributed by atoms with E-state index >= 15 is 0 Å². The smallest absolute Gasteiger partial charge is 0.261 e. The molecule has 4 rings (SSSR count). The van der Waals surface area contributed by atoms with Gasteiger partial charge in [0.15, 0.2) is 0 Å². The highest BCUT2D eigenvalue weighted by atomic mass is 79.9. The van der Waals surface area contributed by atoms with Gasteiger partial charge in [-0.2, -0.15) is 0 Å². The van der Waals surface area contributed by atoms with Crippen molar-refractivity contribution >= 4 is 32.7 Å². The molecule has 0 aliphatic heterocycles. The molecule has 0 radical (unpaired) electrons. The molecule has 0 unspecified atom stereocenters. The molecule has 0 atom stereocenters. The fourth-order valence-electron chi connectivity index (χ4n) is 3.08. The molecule has 3 aromatic rings. The zero-order chi connectivity index (χ0) is 18.3. The van der Waals surface area contributed by atoms with Crippen LogP contribution in [0.3, 0.4) is 0 Å². The molecule has 0 saturated heterocycles. The Morgan fingerprint density at radius 3 is 2.65 bits per heavy atom. The zero-order valence-electron chi connectivity index (χ0n) is 13.7. The third-order valence-electron chi connectivity index (χ3n) is 4.63. The normalized spacial score (nSPS) is 15.0. The molecule has 1 saturated carbocycles. The first-order valence-corrected chi connectivity index (χ1v) is 8.98. The number of hydrogen-bond donors (Lipinski definition) is 1. The summed E-state index contributed by atoms with van der Waals surface area (Å²) in [6.45, 7) is -0.156. The van der Waals surface area contributed by atoms with Crippen LogP contribution in [0.2, 0.25) is 0 Å². The Balaban J connectivity index is 1.55. The van der Waals surface area contributed by atoms with E-state index in [0.29, 0.717) is 5.52 Å². The van der Waals surface area contributed by atoms with Gasteiger partial charge in [-0.15, -0.1) is 0 Å². The molecule has 0 spiro atoms. The molecule has 132 valence electrons. The van der Waals surface area contributed by atoms with E-state index < -0.39 is 11.4 Å². The number of carbonyl (C=O) groups is 1. The Bertz CT molecular complexity index is 1060. The number of hydrogen-bond acceptors (Lipinski definition) is 3. The summed E-state index contributed by atoms with van der Waals surface area (Å²) in [5, 5.41) is 3.18. The topological polar surface area (TPSA) is 64.0 Å². The van der Waals surface area contributed by atoms with Gasteiger partial charge in [0.25, 0.3) is 5.56 Å². The summed E-state index contributed by atoms with van der Waals surface area (Å²) in [5.74, 6) is -0.782. The average Bonchev–Trinajstić information content (AvgIpc) is 3.39. The van der Waals surface area contributed by atoms with E-state index in [1.54, 1.807) is 0 Å². The molecular formula is C19H15BrFN3O2. The van der Waals surface area contributed by atoms with Crippen LogP contribution in [-0.4, -0.2) is 15.5 Å². The molecule has 1 amide bonds. The predicted molar refractivity (Wildman–Crippen MR) is 99.2 cm³/mol. The van der Waals surface area contributed by atoms with Crippen molar-refractivity contribution in [2.45, 2.75) is 24.9 Å². The number of halogens is 2. The fraction of sp³-hybridized carbons (Fsp3) is 0.211. The van der Waals surface area contributed by atoms with Crippen LogP contribution in [0.1, 0.15) is 18.4 Å². The highest BCUT2D eigenvalue weighted by Crippen LogP contribution is 2.45. The second kappa shape index (κ2) is 6.32. The highest BCUT2D eigenvalue weighted by Gasteiger charge is 2.45. The summed E-state index contributed by atoms with van der Waals surface area (Å²) >= 11 is 3.40. The molecule has 7 heteroatoms. The van der Waals surface area contributed by atoms with Crippen LogP contribution in [0.25, 0.3) is 10.9 Å². The van der Waals surface area contributed by atoms with Crippen LogP contribution < -0.4 is 10.9 Å². The van der Waals surface area contributed by atoms with Crippen molar-refractivity contribution in [3.05, 3.63) is 75.0 Å². The van der Waals surface area contributed by atoms with Gasteiger partial charge in [0.1, 0.15) is 12.4 Å². The third-order valence-corrected chi connectivity index (χ3v) is 5.15. The third kappa shape index (κ3) is 3.14. The number of rotatable bonds is 4. The van der Waals surface area contributed by atoms with E-state index in [-0.39, 0.29) is 23.4 Å². The predicted octanol–water partition coefficient (Wildman–Crippen LogP) is 3.10. The van der Waals surface area contributed by atoms with E-state index in [1.807, 2.05) is 24.3 Å². The van der Waals surface area contributed by atoms with Crippen molar-refractivity contribution < 1.29 is 9.18 Å². The lowest BCUT2D eigenvalue weighted by Gasteiger charge is -2.18. The maximum absolute atomic E-state index is 13.4. The lowest BCUT2D eigenvalue weighted by Crippen LogP contribution is -2.39. The van der Waals surface area contributed by atoms with Crippen LogP contribution in [0.4, 0.5) is 4.39 Å². The summed E-state index contributed by atoms with van der Waals surface area (Å²) in [6, 6.07) is 11.7. The van der Waals surface area contributed by atoms with Gasteiger partial charge in [0, 0.05) is 4.47 Å². The van der Waals surface area contributed by atoms with E-state index in [4.69, 9.17) is 0 Å². The standard InChI is InChI=1S/C19H15BrFN3O2/c20-13-3-1-12(2-4-13)19(7-8-19)23-17(25)10-24-11-22-16-6-5-14(21)9-15(16)18(24)26/h1-6,9,11H,7-8,10H2,(H,23,25). The van der Waals surface area contributed by atoms with Crippen molar-refractivity contribution in [1.29, 1.82) is 0 Å². The highest BCUT2D eigenvalue weighted by molar-refractivity contribution is 9.10. The van der Waals surface area contributed by atoms with Crippen LogP contribution in [0.15, 0.2) is 58.1 Å². The summed E-state index contributed by atoms with van der Waals surface area (Å²) in [6.07, 6.45) is 3.04. The molecule has 1 fully saturated rings. The molecule has 1 heterocycles. The first-order valence-electron chi connectivity index (χ1n) is 8.19. The van der Waals surface area contributed by atoms with Gasteiger partial charge in [0.2, 0.25) is 5.91 Å². The summed E-state index contributed by atoms with van der Waals surface area (Å²) in [7, 11) is 0. The van der Waals surface area contributed by atoms with Gasteiger partial charge >= 0.3 is 0 Å². The lowest BCUT2D eigenvalue weighted by molar-refractivity contribution is -0.122. The number of benzene rings is 2. The summed E-state index contributed by atoms with van der Waals surface area (Å²) < 4.78 is 15.6. The van der Waals surface area contributed by atoms with Crippen LogP contribution in [0.5, 0.6) is 0 Å². The van der Waals surface area contributed by atoms with Crippen molar-refractivity contribution in [2.75, 3.05) is 0 Å². The van der Waals surface area contributed by atoms with Gasteiger partial charge < -0.3 is 5.32 Å². The molecular weight excluding hydrogens is 401 g/mol. The average molecular weight is 416 g/mol. The number of aromatic nitrogens is 2. The second-order valence-electron chi connectivity index (χ2n) is 6.48. The molecule has 0 bridgehead atoms. The van der Waals surface area contributed by atoms with Crippen LogP contribution in [0, 0.1) is 5.82 Å². The first kappa shape index (κ1) is 16.9. The van der Waals surface area contributed by atoms with Gasteiger partial charge in [-0.3, -0.25) is 14.2 Å². The Labute approximate surface area is 157 Å². The summed E-state index contributed by atoms with van der Waals surface area (Å²) in [4.78, 5) is 29.1. The van der Waals surface area contributed by atoms with E-state index in [1.165, 1.54) is 23.0 Å². The zero-order valence-corrected chi connectivity index (χ0v) is 15.3. The maximum Gasteiger partial charge on any atom is 0.261 e. The first-order chi connectivity index (χ1) is 12.5. The Hall–Kier alpha value is -2.54. The molecule has 1 aliphatic carbocycles. The summed E-state index contributed by atoms with van der Waals surface area (Å²) in [5.41, 5.74) is 0.650. The SMILES string of the molecule is O=C(Cn1cnc2ccc(F)cc2c1=O)NC1(c2ccc(Br)cc2)CC1. The maximum atomic E-state index is 13.4. The number of carbonyl (C=O) groups excluding carboxylic acids is 1. The van der Waals surface area contributed by atoms with Gasteiger partial charge in [-0.05, 0) is 48.7 Å². The lowest BCUT2D eigenvalue weighted by atomic mass is 10.1. The van der Waals surface area contributed by atoms with E-state index in [0.717, 1.165) is 28.9 Å². The van der Waals surface area contributed by atoms with Gasteiger partial charge in [-0.1, -0.05) is 28.1 Å². The minimum absolute atomic E-state index is 0.156. The van der Waals surface area contributed by atoms with Crippen molar-refractivity contribution in [2.24, 2.45) is 0 Å². The second-order valence-corrected chi connectivity index (χ2v) is 7.39. The monoisotopic (exact) mass is 415 g/mol. The van der Waals surface area contributed by atoms with Crippen LogP contribution >= 0.6 is 15.9 Å². The molecule has 1 N–H and O–H groups in total. The molecule has 1 aromatic heterocycles. The van der Waals surface area contributed by atoms with E-state index in [2.05, 4.69) is 26.2 Å². The van der Waals surface area contributed by atoms with Gasteiger partial charge in [0.05, 0.1) is 22.8 Å². The largest absolute Gasteiger partial charge is 0.345 e. The number of fused-ring (bicyclic) bond motifs is 1. The van der Waals surface area contributed by atoms with Crippen molar-refractivity contribution in [3.63, 3.8) is 0 Å². The molecule has 2 aromatic carbocycles. The van der Waals surface area contributed by atoms with Gasteiger partial charge in [-0.25, -0.2) is 9.37 Å². The fourth-order valence-corrected chi connectivity index (χ4v) is 3.35. The van der Waals surface area contributed by atoms with E-state index in [9.17, 15) is 14.0 Å². The Kier molecular flexibility index (Phi) is 4.11. The number of nitrogens with zero attached hydrogens (tertiary/aromatic N) is 2. The molecule has 5 nitrogen and oxygen atoms in total.